The maximum Gasteiger partial charge on any atom is 0.0650 e. The zero-order chi connectivity index (χ0) is 12.9. The Labute approximate surface area is 113 Å². The number of H-pyrrole nitrogens is 1. The molecule has 0 aliphatic carbocycles. The highest BCUT2D eigenvalue weighted by atomic mass is 15.1. The van der Waals surface area contributed by atoms with Crippen LogP contribution in [-0.2, 0) is 0 Å². The van der Waals surface area contributed by atoms with Crippen LogP contribution in [0.25, 0.3) is 11.3 Å². The third-order valence-electron chi connectivity index (χ3n) is 3.66. The van der Waals surface area contributed by atoms with Crippen LogP contribution in [0.3, 0.4) is 0 Å². The Bertz CT molecular complexity index is 483. The summed E-state index contributed by atoms with van der Waals surface area (Å²) in [5.41, 5.74) is 3.40. The molecule has 19 heavy (non-hydrogen) atoms. The normalized spacial score (nSPS) is 19.3. The maximum atomic E-state index is 3.97. The lowest BCUT2D eigenvalue weighted by Crippen LogP contribution is -2.39. The first-order valence-corrected chi connectivity index (χ1v) is 6.99. The van der Waals surface area contributed by atoms with Crippen LogP contribution < -0.4 is 10.6 Å². The van der Waals surface area contributed by atoms with E-state index in [0.29, 0.717) is 6.04 Å². The molecule has 3 N–H and O–H groups in total. The van der Waals surface area contributed by atoms with Gasteiger partial charge in [-0.1, -0.05) is 18.6 Å². The average molecular weight is 256 g/mol. The van der Waals surface area contributed by atoms with Gasteiger partial charge >= 0.3 is 0 Å². The fourth-order valence-electron chi connectivity index (χ4n) is 2.52. The number of benzene rings is 1. The molecule has 1 aromatic heterocycles. The van der Waals surface area contributed by atoms with Crippen LogP contribution in [0, 0.1) is 0 Å². The van der Waals surface area contributed by atoms with E-state index in [1.165, 1.54) is 30.5 Å². The first kappa shape index (κ1) is 12.2. The predicted molar refractivity (Wildman–Crippen MR) is 78.2 cm³/mol. The van der Waals surface area contributed by atoms with Crippen molar-refractivity contribution in [2.45, 2.75) is 25.3 Å². The molecule has 1 saturated heterocycles. The van der Waals surface area contributed by atoms with Crippen LogP contribution in [-0.4, -0.2) is 29.3 Å². The molecule has 2 heterocycles. The van der Waals surface area contributed by atoms with Crippen LogP contribution in [0.5, 0.6) is 0 Å². The molecule has 1 fully saturated rings. The highest BCUT2D eigenvalue weighted by Crippen LogP contribution is 2.19. The maximum absolute atomic E-state index is 3.97. The number of anilines is 1. The minimum absolute atomic E-state index is 0.612. The summed E-state index contributed by atoms with van der Waals surface area (Å²) in [5, 5.41) is 14.0. The molecule has 3 rings (SSSR count). The molecule has 4 nitrogen and oxygen atoms in total. The molecule has 100 valence electrons. The zero-order valence-corrected chi connectivity index (χ0v) is 11.0. The van der Waals surface area contributed by atoms with Crippen LogP contribution in [0.4, 0.5) is 5.69 Å². The van der Waals surface area contributed by atoms with Gasteiger partial charge in [0.15, 0.2) is 0 Å². The molecule has 0 radical (unpaired) electrons. The number of aromatic nitrogens is 2. The molecule has 1 aliphatic rings. The molecule has 1 unspecified atom stereocenters. The van der Waals surface area contributed by atoms with E-state index >= 15 is 0 Å². The predicted octanol–water partition coefficient (Wildman–Crippen LogP) is 2.63. The largest absolute Gasteiger partial charge is 0.383 e. The molecule has 0 spiro atoms. The van der Waals surface area contributed by atoms with Crippen LogP contribution in [0.1, 0.15) is 19.3 Å². The lowest BCUT2D eigenvalue weighted by atomic mass is 10.0. The van der Waals surface area contributed by atoms with Gasteiger partial charge in [-0.3, -0.25) is 5.10 Å². The van der Waals surface area contributed by atoms with E-state index in [2.05, 4.69) is 45.1 Å². The van der Waals surface area contributed by atoms with Gasteiger partial charge in [0.05, 0.1) is 5.69 Å². The summed E-state index contributed by atoms with van der Waals surface area (Å²) in [6.45, 7) is 2.16. The average Bonchev–Trinajstić information content (AvgIpc) is 3.01. The Balaban J connectivity index is 1.57. The second-order valence-electron chi connectivity index (χ2n) is 5.08. The Morgan fingerprint density at radius 1 is 1.16 bits per heavy atom. The third-order valence-corrected chi connectivity index (χ3v) is 3.66. The van der Waals surface area contributed by atoms with E-state index in [-0.39, 0.29) is 0 Å². The molecule has 1 aliphatic heterocycles. The van der Waals surface area contributed by atoms with E-state index in [1.807, 2.05) is 6.07 Å². The standard InChI is InChI=1S/C15H20N4/c1-2-9-16-14(3-1)11-17-13-6-4-12(5-7-13)15-8-10-18-19-15/h4-8,10,14,16-17H,1-3,9,11H2,(H,18,19). The van der Waals surface area contributed by atoms with Crippen LogP contribution >= 0.6 is 0 Å². The van der Waals surface area contributed by atoms with Gasteiger partial charge in [0.2, 0.25) is 0 Å². The fraction of sp³-hybridized carbons (Fsp3) is 0.400. The molecule has 0 saturated carbocycles. The van der Waals surface area contributed by atoms with Crippen LogP contribution in [0.2, 0.25) is 0 Å². The first-order valence-electron chi connectivity index (χ1n) is 6.99. The highest BCUT2D eigenvalue weighted by Gasteiger charge is 2.11. The highest BCUT2D eigenvalue weighted by molar-refractivity contribution is 5.62. The van der Waals surface area contributed by atoms with Gasteiger partial charge in [0, 0.05) is 24.5 Å². The van der Waals surface area contributed by atoms with Crippen molar-refractivity contribution in [3.05, 3.63) is 36.5 Å². The van der Waals surface area contributed by atoms with Crippen molar-refractivity contribution < 1.29 is 0 Å². The number of aromatic amines is 1. The number of piperidine rings is 1. The number of hydrogen-bond donors (Lipinski definition) is 3. The smallest absolute Gasteiger partial charge is 0.0650 e. The van der Waals surface area contributed by atoms with Crippen molar-refractivity contribution in [1.82, 2.24) is 15.5 Å². The Hall–Kier alpha value is -1.81. The van der Waals surface area contributed by atoms with Gasteiger partial charge in [0.25, 0.3) is 0 Å². The lowest BCUT2D eigenvalue weighted by Gasteiger charge is -2.24. The molecule has 1 atom stereocenters. The van der Waals surface area contributed by atoms with Crippen molar-refractivity contribution >= 4 is 5.69 Å². The zero-order valence-electron chi connectivity index (χ0n) is 11.0. The van der Waals surface area contributed by atoms with Crippen molar-refractivity contribution in [2.24, 2.45) is 0 Å². The van der Waals surface area contributed by atoms with Crippen molar-refractivity contribution in [3.63, 3.8) is 0 Å². The van der Waals surface area contributed by atoms with E-state index in [4.69, 9.17) is 0 Å². The second-order valence-corrected chi connectivity index (χ2v) is 5.08. The van der Waals surface area contributed by atoms with Crippen molar-refractivity contribution in [1.29, 1.82) is 0 Å². The van der Waals surface area contributed by atoms with E-state index in [9.17, 15) is 0 Å². The van der Waals surface area contributed by atoms with E-state index in [0.717, 1.165) is 18.8 Å². The minimum atomic E-state index is 0.612. The van der Waals surface area contributed by atoms with Gasteiger partial charge in [-0.05, 0) is 43.1 Å². The molecule has 4 heteroatoms. The van der Waals surface area contributed by atoms with Gasteiger partial charge in [-0.15, -0.1) is 0 Å². The first-order chi connectivity index (χ1) is 9.42. The summed E-state index contributed by atoms with van der Waals surface area (Å²) in [7, 11) is 0. The number of nitrogens with one attached hydrogen (secondary N) is 3. The lowest BCUT2D eigenvalue weighted by molar-refractivity contribution is 0.414. The Morgan fingerprint density at radius 2 is 2.05 bits per heavy atom. The summed E-state index contributed by atoms with van der Waals surface area (Å²) < 4.78 is 0. The van der Waals surface area contributed by atoms with Gasteiger partial charge in [-0.25, -0.2) is 0 Å². The molecule has 1 aromatic carbocycles. The summed E-state index contributed by atoms with van der Waals surface area (Å²) >= 11 is 0. The number of rotatable bonds is 4. The van der Waals surface area contributed by atoms with Crippen molar-refractivity contribution in [2.75, 3.05) is 18.4 Å². The SMILES string of the molecule is c1cc(-c2ccc(NCC3CCCCN3)cc2)[nH]n1. The molecular formula is C15H20N4. The van der Waals surface area contributed by atoms with E-state index in [1.54, 1.807) is 6.20 Å². The van der Waals surface area contributed by atoms with E-state index < -0.39 is 0 Å². The molecule has 2 aromatic rings. The molecule has 0 bridgehead atoms. The quantitative estimate of drug-likeness (QED) is 0.788. The second kappa shape index (κ2) is 5.89. The number of nitrogens with zero attached hydrogens (tertiary/aromatic N) is 1. The fourth-order valence-corrected chi connectivity index (χ4v) is 2.52. The summed E-state index contributed by atoms with van der Waals surface area (Å²) in [6, 6.07) is 11.1. The summed E-state index contributed by atoms with van der Waals surface area (Å²) in [5.74, 6) is 0. The Morgan fingerprint density at radius 3 is 2.74 bits per heavy atom. The summed E-state index contributed by atoms with van der Waals surface area (Å²) in [4.78, 5) is 0. The molecule has 0 amide bonds. The van der Waals surface area contributed by atoms with Crippen LogP contribution in [0.15, 0.2) is 36.5 Å². The third kappa shape index (κ3) is 3.15. The monoisotopic (exact) mass is 256 g/mol. The Kier molecular flexibility index (Phi) is 3.79. The van der Waals surface area contributed by atoms with Gasteiger partial charge in [-0.2, -0.15) is 5.10 Å². The topological polar surface area (TPSA) is 52.7 Å². The number of hydrogen-bond acceptors (Lipinski definition) is 3. The van der Waals surface area contributed by atoms with Gasteiger partial charge < -0.3 is 10.6 Å². The van der Waals surface area contributed by atoms with Gasteiger partial charge in [0.1, 0.15) is 0 Å². The minimum Gasteiger partial charge on any atom is -0.383 e. The van der Waals surface area contributed by atoms with Crippen molar-refractivity contribution in [3.8, 4) is 11.3 Å². The summed E-state index contributed by atoms with van der Waals surface area (Å²) in [6.07, 6.45) is 5.71. The molecular weight excluding hydrogens is 236 g/mol.